The molecule has 0 radical (unpaired) electrons. The lowest BCUT2D eigenvalue weighted by Gasteiger charge is -2.51. The lowest BCUT2D eigenvalue weighted by molar-refractivity contribution is -0.385. The molecular weight excluding hydrogens is 1190 g/mol. The number of ether oxygens (including phenoxy) is 13. The highest BCUT2D eigenvalue weighted by molar-refractivity contribution is 5.74. The van der Waals surface area contributed by atoms with E-state index in [0.29, 0.717) is 0 Å². The maximum absolute atomic E-state index is 12.8. The average Bonchev–Trinajstić information content (AvgIpc) is 1.40. The van der Waals surface area contributed by atoms with Crippen molar-refractivity contribution in [2.45, 2.75) is 236 Å². The Kier molecular flexibility index (Phi) is 25.6. The number of rotatable bonds is 22. The van der Waals surface area contributed by atoms with Crippen LogP contribution in [-0.4, -0.2) is 381 Å². The third kappa shape index (κ3) is 15.8. The Balaban J connectivity index is 1.20. The monoisotopic (exact) mass is 1280 g/mol. The van der Waals surface area contributed by atoms with Crippen LogP contribution in [0.5, 0.6) is 0 Å². The van der Waals surface area contributed by atoms with Gasteiger partial charge in [0.25, 0.3) is 0 Å². The highest BCUT2D eigenvalue weighted by atomic mass is 16.8. The second-order valence-electron chi connectivity index (χ2n) is 21.8. The van der Waals surface area contributed by atoms with Crippen LogP contribution in [0, 0.1) is 0 Å². The molecule has 7 fully saturated rings. The summed E-state index contributed by atoms with van der Waals surface area (Å²) in [7, 11) is 0. The molecule has 0 aliphatic carbocycles. The first-order valence-corrected chi connectivity index (χ1v) is 27.6. The maximum atomic E-state index is 12.8. The molecule has 0 saturated carbocycles. The van der Waals surface area contributed by atoms with Crippen molar-refractivity contribution in [1.29, 1.82) is 0 Å². The van der Waals surface area contributed by atoms with Crippen molar-refractivity contribution in [3.63, 3.8) is 0 Å². The first-order chi connectivity index (χ1) is 41.1. The summed E-state index contributed by atoms with van der Waals surface area (Å²) in [6.07, 6.45) is -62.3. The largest absolute Gasteiger partial charge is 0.394 e. The number of hydrogen-bond acceptors (Lipinski definition) is 36. The van der Waals surface area contributed by atoms with Crippen molar-refractivity contribution in [1.82, 2.24) is 16.0 Å². The molecule has 504 valence electrons. The summed E-state index contributed by atoms with van der Waals surface area (Å²) in [5.41, 5.74) is 0. The standard InChI is InChI=1S/C48H81N3O36/c1-11(58)49-21-28(65)37(83-46-33(70)31(68)24(61)14(4-52)77-46)17(7-55)79-43(21)75-10-20-27(64)41(87-45-23(51-13(3)60)29(66)38(18(8-56)81-45)84-47-34(71)32(69)25(62)15(5-53)78-47)36(73)48(82-20)85-39-19(9-57)80-44(22(30(39)67)50-12(2)59)86-40-26(63)16(6-54)76-42(74)35(40)72/h14-48,52-57,61-74H,4-10H2,1-3H3,(H,49,58)(H,50,59)(H,51,60)/t14-,15-,16-,17-,18-,19-,20-,21-,22-,23-,24+,25+,26+,27+,28+,29-,30-,31+,32-,33-,34-,35-,36-,37-,38-,39-,40+,41+,42?,43-,44+,45+,46+,47+,48+/m1/s1. The summed E-state index contributed by atoms with van der Waals surface area (Å²) in [6, 6.07) is -5.43. The first-order valence-electron chi connectivity index (χ1n) is 27.6. The van der Waals surface area contributed by atoms with Crippen molar-refractivity contribution in [3.8, 4) is 0 Å². The topological polar surface area (TPSA) is 612 Å². The van der Waals surface area contributed by atoms with E-state index >= 15 is 0 Å². The van der Waals surface area contributed by atoms with Gasteiger partial charge in [-0.15, -0.1) is 0 Å². The summed E-state index contributed by atoms with van der Waals surface area (Å²) in [4.78, 5) is 38.1. The van der Waals surface area contributed by atoms with E-state index in [1.807, 2.05) is 0 Å². The van der Waals surface area contributed by atoms with Crippen LogP contribution in [0.25, 0.3) is 0 Å². The predicted molar refractivity (Wildman–Crippen MR) is 267 cm³/mol. The third-order valence-corrected chi connectivity index (χ3v) is 15.7. The Labute approximate surface area is 492 Å². The van der Waals surface area contributed by atoms with E-state index in [1.165, 1.54) is 0 Å². The van der Waals surface area contributed by atoms with Crippen LogP contribution in [0.3, 0.4) is 0 Å². The molecule has 7 saturated heterocycles. The molecule has 7 rings (SSSR count). The highest BCUT2D eigenvalue weighted by Gasteiger charge is 2.59. The van der Waals surface area contributed by atoms with E-state index in [9.17, 15) is 117 Å². The van der Waals surface area contributed by atoms with Crippen molar-refractivity contribution in [2.24, 2.45) is 0 Å². The zero-order valence-electron chi connectivity index (χ0n) is 46.6. The summed E-state index contributed by atoms with van der Waals surface area (Å²) < 4.78 is 75.2. The molecule has 7 heterocycles. The summed E-state index contributed by atoms with van der Waals surface area (Å²) in [5.74, 6) is -2.63. The quantitative estimate of drug-likeness (QED) is 0.0479. The lowest BCUT2D eigenvalue weighted by atomic mass is 9.93. The van der Waals surface area contributed by atoms with Crippen LogP contribution in [0.4, 0.5) is 0 Å². The highest BCUT2D eigenvalue weighted by Crippen LogP contribution is 2.37. The lowest BCUT2D eigenvalue weighted by Crippen LogP contribution is -2.71. The molecule has 3 amide bonds. The van der Waals surface area contributed by atoms with E-state index in [1.54, 1.807) is 0 Å². The van der Waals surface area contributed by atoms with Gasteiger partial charge in [-0.2, -0.15) is 0 Å². The fourth-order valence-electron chi connectivity index (χ4n) is 11.1. The van der Waals surface area contributed by atoms with E-state index < -0.39 is 279 Å². The number of aliphatic hydroxyl groups is 20. The Hall–Kier alpha value is -2.91. The molecule has 0 aromatic carbocycles. The molecule has 35 atom stereocenters. The zero-order valence-corrected chi connectivity index (χ0v) is 46.6. The van der Waals surface area contributed by atoms with Gasteiger partial charge in [-0.3, -0.25) is 14.4 Å². The molecule has 39 nitrogen and oxygen atoms in total. The summed E-state index contributed by atoms with van der Waals surface area (Å²) in [6.45, 7) is -3.98. The molecule has 0 aromatic heterocycles. The summed E-state index contributed by atoms with van der Waals surface area (Å²) in [5, 5.41) is 223. The molecular formula is C48H81N3O36. The Morgan fingerprint density at radius 2 is 0.586 bits per heavy atom. The van der Waals surface area contributed by atoms with E-state index in [0.717, 1.165) is 20.8 Å². The van der Waals surface area contributed by atoms with Crippen LogP contribution in [0.2, 0.25) is 0 Å². The second-order valence-corrected chi connectivity index (χ2v) is 21.8. The third-order valence-electron chi connectivity index (χ3n) is 15.7. The SMILES string of the molecule is CC(=O)N[C@H]1[C@H](O[C@H]2[C@@H](O)[C@@H](CO[C@@H]3O[C@H](CO)[C@@H](O[C@@H]4O[C@H](CO)[C@H](O)[C@H](O)[C@H]4O)[C@@H](O)[C@H]3NC(C)=O)O[C@@H](O[C@H]3[C@H](O)[C@@H](NC(C)=O)[C@H](O[C@H]4[C@@H](O)[C@@H](CO)OC(O)[C@@H]4O)O[C@@H]3CO)[C@@H]2O)O[C@H](CO)[C@@H](O[C@@H]2O[C@H](CO)[C@H](O)[C@@H](O)[C@H]2O)[C@@H]1O. The van der Waals surface area contributed by atoms with Gasteiger partial charge in [-0.1, -0.05) is 0 Å². The average molecular weight is 1280 g/mol. The zero-order chi connectivity index (χ0) is 64.2. The van der Waals surface area contributed by atoms with Gasteiger partial charge in [0.1, 0.15) is 171 Å². The van der Waals surface area contributed by atoms with Crippen molar-refractivity contribution < 1.29 is 178 Å². The second kappa shape index (κ2) is 31.1. The van der Waals surface area contributed by atoms with Crippen molar-refractivity contribution in [2.75, 3.05) is 46.2 Å². The Morgan fingerprint density at radius 3 is 0.954 bits per heavy atom. The van der Waals surface area contributed by atoms with Crippen LogP contribution in [0.1, 0.15) is 20.8 Å². The molecule has 0 aromatic rings. The number of hydrogen-bond donors (Lipinski definition) is 23. The fourth-order valence-corrected chi connectivity index (χ4v) is 11.1. The molecule has 0 bridgehead atoms. The molecule has 23 N–H and O–H groups in total. The number of carbonyl (C=O) groups excluding carboxylic acids is 3. The minimum absolute atomic E-state index is 0.848. The molecule has 7 aliphatic rings. The van der Waals surface area contributed by atoms with Gasteiger partial charge in [-0.25, -0.2) is 0 Å². The minimum Gasteiger partial charge on any atom is -0.394 e. The van der Waals surface area contributed by atoms with Gasteiger partial charge in [-0.05, 0) is 0 Å². The maximum Gasteiger partial charge on any atom is 0.217 e. The Bertz CT molecular complexity index is 2190. The van der Waals surface area contributed by atoms with Gasteiger partial charge in [0, 0.05) is 20.8 Å². The first kappa shape index (κ1) is 71.5. The van der Waals surface area contributed by atoms with Crippen LogP contribution >= 0.6 is 0 Å². The van der Waals surface area contributed by atoms with Crippen LogP contribution in [-0.2, 0) is 76.0 Å². The molecule has 7 aliphatic heterocycles. The molecule has 87 heavy (non-hydrogen) atoms. The van der Waals surface area contributed by atoms with Gasteiger partial charge >= 0.3 is 0 Å². The fraction of sp³-hybridized carbons (Fsp3) is 0.938. The van der Waals surface area contributed by atoms with Gasteiger partial charge in [0.15, 0.2) is 44.0 Å². The van der Waals surface area contributed by atoms with E-state index in [4.69, 9.17) is 61.6 Å². The van der Waals surface area contributed by atoms with E-state index in [-0.39, 0.29) is 0 Å². The van der Waals surface area contributed by atoms with E-state index in [2.05, 4.69) is 16.0 Å². The molecule has 0 spiro atoms. The number of amides is 3. The van der Waals surface area contributed by atoms with Crippen LogP contribution < -0.4 is 16.0 Å². The Morgan fingerprint density at radius 1 is 0.299 bits per heavy atom. The van der Waals surface area contributed by atoms with Gasteiger partial charge in [0.2, 0.25) is 17.7 Å². The normalized spacial score (nSPS) is 48.9. The number of aliphatic hydroxyl groups excluding tert-OH is 20. The number of nitrogens with one attached hydrogen (secondary N) is 3. The molecule has 1 unspecified atom stereocenters. The molecule has 39 heteroatoms. The van der Waals surface area contributed by atoms with Gasteiger partial charge in [0.05, 0.1) is 46.2 Å². The van der Waals surface area contributed by atoms with Gasteiger partial charge < -0.3 is 180 Å². The van der Waals surface area contributed by atoms with Crippen molar-refractivity contribution in [3.05, 3.63) is 0 Å². The smallest absolute Gasteiger partial charge is 0.217 e. The predicted octanol–water partition coefficient (Wildman–Crippen LogP) is -15.8. The number of carbonyl (C=O) groups is 3. The minimum atomic E-state index is -2.38. The summed E-state index contributed by atoms with van der Waals surface area (Å²) >= 11 is 0. The van der Waals surface area contributed by atoms with Crippen LogP contribution in [0.15, 0.2) is 0 Å². The van der Waals surface area contributed by atoms with Crippen molar-refractivity contribution >= 4 is 17.7 Å².